The highest BCUT2D eigenvalue weighted by atomic mass is 19.1. The van der Waals surface area contributed by atoms with Gasteiger partial charge in [0.25, 0.3) is 5.69 Å². The number of nitrogens with zero attached hydrogens (tertiary/aromatic N) is 3. The summed E-state index contributed by atoms with van der Waals surface area (Å²) in [6, 6.07) is 3.68. The van der Waals surface area contributed by atoms with Gasteiger partial charge in [-0.25, -0.2) is 9.18 Å². The summed E-state index contributed by atoms with van der Waals surface area (Å²) < 4.78 is 19.3. The average molecular weight is 337 g/mol. The largest absolute Gasteiger partial charge is 0.444 e. The molecule has 2 saturated heterocycles. The highest BCUT2D eigenvalue weighted by molar-refractivity contribution is 5.70. The van der Waals surface area contributed by atoms with Crippen molar-refractivity contribution >= 4 is 17.5 Å². The van der Waals surface area contributed by atoms with E-state index in [9.17, 15) is 19.3 Å². The first-order chi connectivity index (χ1) is 11.1. The molecule has 2 aliphatic heterocycles. The number of carbonyl (C=O) groups is 1. The summed E-state index contributed by atoms with van der Waals surface area (Å²) in [7, 11) is 0. The fourth-order valence-electron chi connectivity index (χ4n) is 3.22. The Bertz CT molecular complexity index is 687. The molecule has 7 nitrogen and oxygen atoms in total. The molecule has 2 heterocycles. The molecule has 8 heteroatoms. The lowest BCUT2D eigenvalue weighted by Gasteiger charge is -2.60. The Morgan fingerprint density at radius 2 is 1.92 bits per heavy atom. The predicted molar refractivity (Wildman–Crippen MR) is 85.5 cm³/mol. The maximum absolute atomic E-state index is 14.0. The van der Waals surface area contributed by atoms with E-state index in [4.69, 9.17) is 4.74 Å². The number of nitro groups is 1. The van der Waals surface area contributed by atoms with Gasteiger partial charge in [-0.2, -0.15) is 0 Å². The summed E-state index contributed by atoms with van der Waals surface area (Å²) in [4.78, 5) is 25.5. The van der Waals surface area contributed by atoms with Gasteiger partial charge in [0.1, 0.15) is 5.60 Å². The molecule has 0 unspecified atom stereocenters. The molecule has 0 N–H and O–H groups in total. The maximum atomic E-state index is 14.0. The third kappa shape index (κ3) is 3.00. The number of amides is 1. The van der Waals surface area contributed by atoms with E-state index < -0.39 is 16.3 Å². The van der Waals surface area contributed by atoms with Gasteiger partial charge in [0, 0.05) is 37.7 Å². The lowest BCUT2D eigenvalue weighted by atomic mass is 9.73. The third-order valence-corrected chi connectivity index (χ3v) is 4.24. The van der Waals surface area contributed by atoms with E-state index in [1.54, 1.807) is 4.90 Å². The standard InChI is InChI=1S/C16H20FN3O4/c1-15(2,3)24-14(21)19-9-16(10-19)7-18(8-16)13-5-4-11(20(22)23)6-12(13)17/h4-6H,7-10H2,1-3H3. The number of benzene rings is 1. The summed E-state index contributed by atoms with van der Waals surface area (Å²) in [5.74, 6) is -0.595. The number of anilines is 1. The monoisotopic (exact) mass is 337 g/mol. The van der Waals surface area contributed by atoms with E-state index in [-0.39, 0.29) is 17.2 Å². The van der Waals surface area contributed by atoms with Crippen molar-refractivity contribution in [3.63, 3.8) is 0 Å². The lowest BCUT2D eigenvalue weighted by Crippen LogP contribution is -2.73. The Balaban J connectivity index is 1.56. The molecular weight excluding hydrogens is 317 g/mol. The topological polar surface area (TPSA) is 75.9 Å². The normalized spacial score (nSPS) is 18.8. The van der Waals surface area contributed by atoms with Gasteiger partial charge in [-0.1, -0.05) is 0 Å². The molecular formula is C16H20FN3O4. The molecule has 24 heavy (non-hydrogen) atoms. The van der Waals surface area contributed by atoms with Crippen LogP contribution in [0.2, 0.25) is 0 Å². The van der Waals surface area contributed by atoms with Crippen LogP contribution < -0.4 is 4.90 Å². The third-order valence-electron chi connectivity index (χ3n) is 4.24. The first kappa shape index (κ1) is 16.5. The Hall–Kier alpha value is -2.38. The number of ether oxygens (including phenoxy) is 1. The van der Waals surface area contributed by atoms with Gasteiger partial charge in [0.05, 0.1) is 16.7 Å². The van der Waals surface area contributed by atoms with Crippen LogP contribution in [0.1, 0.15) is 20.8 Å². The number of nitro benzene ring substituents is 1. The van der Waals surface area contributed by atoms with E-state index in [0.717, 1.165) is 6.07 Å². The minimum atomic E-state index is -0.616. The van der Waals surface area contributed by atoms with Crippen molar-refractivity contribution in [2.75, 3.05) is 31.1 Å². The summed E-state index contributed by atoms with van der Waals surface area (Å²) in [6.07, 6.45) is -0.326. The zero-order chi connectivity index (χ0) is 17.7. The molecule has 2 fully saturated rings. The Labute approximate surface area is 139 Å². The number of non-ortho nitro benzene ring substituents is 1. The summed E-state index contributed by atoms with van der Waals surface area (Å²) >= 11 is 0. The fraction of sp³-hybridized carbons (Fsp3) is 0.562. The molecule has 0 atom stereocenters. The molecule has 0 aromatic heterocycles. The molecule has 0 aliphatic carbocycles. The Morgan fingerprint density at radius 3 is 2.42 bits per heavy atom. The van der Waals surface area contributed by atoms with Crippen molar-refractivity contribution in [2.45, 2.75) is 26.4 Å². The number of hydrogen-bond acceptors (Lipinski definition) is 5. The van der Waals surface area contributed by atoms with Crippen molar-refractivity contribution in [3.05, 3.63) is 34.1 Å². The SMILES string of the molecule is CC(C)(C)OC(=O)N1CC2(C1)CN(c1ccc([N+](=O)[O-])cc1F)C2. The Morgan fingerprint density at radius 1 is 1.29 bits per heavy atom. The van der Waals surface area contributed by atoms with Crippen LogP contribution in [0.4, 0.5) is 20.6 Å². The second-order valence-corrected chi connectivity index (χ2v) is 7.59. The number of halogens is 1. The van der Waals surface area contributed by atoms with Crippen LogP contribution in [0.5, 0.6) is 0 Å². The van der Waals surface area contributed by atoms with E-state index in [1.165, 1.54) is 12.1 Å². The van der Waals surface area contributed by atoms with E-state index in [0.29, 0.717) is 31.9 Å². The van der Waals surface area contributed by atoms with Crippen molar-refractivity contribution in [1.29, 1.82) is 0 Å². The molecule has 0 saturated carbocycles. The average Bonchev–Trinajstić information content (AvgIpc) is 2.34. The number of likely N-dealkylation sites (tertiary alicyclic amines) is 1. The second kappa shape index (κ2) is 5.32. The smallest absolute Gasteiger partial charge is 0.410 e. The molecule has 2 aliphatic rings. The molecule has 1 aromatic carbocycles. The van der Waals surface area contributed by atoms with E-state index in [1.807, 2.05) is 25.7 Å². The summed E-state index contributed by atoms with van der Waals surface area (Å²) in [5.41, 5.74) is -0.438. The highest BCUT2D eigenvalue weighted by Gasteiger charge is 2.54. The van der Waals surface area contributed by atoms with Crippen LogP contribution in [0.25, 0.3) is 0 Å². The molecule has 1 aromatic rings. The van der Waals surface area contributed by atoms with Crippen molar-refractivity contribution in [1.82, 2.24) is 4.90 Å². The van der Waals surface area contributed by atoms with Gasteiger partial charge < -0.3 is 14.5 Å². The second-order valence-electron chi connectivity index (χ2n) is 7.59. The number of carbonyl (C=O) groups excluding carboxylic acids is 1. The van der Waals surface area contributed by atoms with Crippen LogP contribution in [0.15, 0.2) is 18.2 Å². The van der Waals surface area contributed by atoms with Crippen LogP contribution in [-0.2, 0) is 4.74 Å². The molecule has 0 bridgehead atoms. The molecule has 3 rings (SSSR count). The van der Waals surface area contributed by atoms with Gasteiger partial charge in [-0.3, -0.25) is 10.1 Å². The van der Waals surface area contributed by atoms with Gasteiger partial charge in [0.15, 0.2) is 5.82 Å². The first-order valence-corrected chi connectivity index (χ1v) is 7.75. The van der Waals surface area contributed by atoms with E-state index >= 15 is 0 Å². The minimum absolute atomic E-state index is 0.0227. The molecule has 1 spiro atoms. The van der Waals surface area contributed by atoms with Gasteiger partial charge in [-0.15, -0.1) is 0 Å². The van der Waals surface area contributed by atoms with Crippen LogP contribution in [0, 0.1) is 21.3 Å². The molecule has 1 amide bonds. The quantitative estimate of drug-likeness (QED) is 0.613. The lowest BCUT2D eigenvalue weighted by molar-refractivity contribution is -0.385. The zero-order valence-corrected chi connectivity index (χ0v) is 13.9. The van der Waals surface area contributed by atoms with Crippen molar-refractivity contribution < 1.29 is 18.8 Å². The number of rotatable bonds is 2. The highest BCUT2D eigenvalue weighted by Crippen LogP contribution is 2.43. The van der Waals surface area contributed by atoms with Crippen LogP contribution >= 0.6 is 0 Å². The van der Waals surface area contributed by atoms with Gasteiger partial charge in [-0.05, 0) is 26.8 Å². The maximum Gasteiger partial charge on any atom is 0.410 e. The fourth-order valence-corrected chi connectivity index (χ4v) is 3.22. The van der Waals surface area contributed by atoms with Gasteiger partial charge in [0.2, 0.25) is 0 Å². The molecule has 0 radical (unpaired) electrons. The van der Waals surface area contributed by atoms with E-state index in [2.05, 4.69) is 0 Å². The van der Waals surface area contributed by atoms with Crippen molar-refractivity contribution in [3.8, 4) is 0 Å². The molecule has 130 valence electrons. The summed E-state index contributed by atoms with van der Waals surface area (Å²) in [6.45, 7) is 7.90. The van der Waals surface area contributed by atoms with Crippen LogP contribution in [-0.4, -0.2) is 47.7 Å². The first-order valence-electron chi connectivity index (χ1n) is 7.75. The summed E-state index contributed by atoms with van der Waals surface area (Å²) in [5, 5.41) is 10.7. The predicted octanol–water partition coefficient (Wildman–Crippen LogP) is 2.79. The number of hydrogen-bond donors (Lipinski definition) is 0. The zero-order valence-electron chi connectivity index (χ0n) is 13.9. The van der Waals surface area contributed by atoms with Crippen LogP contribution in [0.3, 0.4) is 0 Å². The minimum Gasteiger partial charge on any atom is -0.444 e. The Kier molecular flexibility index (Phi) is 3.65. The van der Waals surface area contributed by atoms with Gasteiger partial charge >= 0.3 is 6.09 Å². The van der Waals surface area contributed by atoms with Crippen molar-refractivity contribution in [2.24, 2.45) is 5.41 Å².